The van der Waals surface area contributed by atoms with Crippen LogP contribution in [0.4, 0.5) is 10.5 Å². The van der Waals surface area contributed by atoms with Crippen molar-refractivity contribution < 1.29 is 23.9 Å². The van der Waals surface area contributed by atoms with Crippen LogP contribution in [0.5, 0.6) is 0 Å². The molecule has 0 unspecified atom stereocenters. The number of esters is 1. The summed E-state index contributed by atoms with van der Waals surface area (Å²) in [5, 5.41) is 2.88. The smallest absolute Gasteiger partial charge is 0.411 e. The van der Waals surface area contributed by atoms with E-state index < -0.39 is 29.3 Å². The van der Waals surface area contributed by atoms with E-state index in [1.165, 1.54) is 4.90 Å². The average molecular weight is 531 g/mol. The summed E-state index contributed by atoms with van der Waals surface area (Å²) in [6, 6.07) is 11.2. The molecular weight excluding hydrogens is 500 g/mol. The predicted molar refractivity (Wildman–Crippen MR) is 134 cm³/mol. The molecule has 1 aliphatic rings. The fraction of sp³-hybridized carbons (Fsp3) is 0.423. The molecule has 8 heteroatoms. The number of nitrogens with one attached hydrogen (secondary N) is 1. The fourth-order valence-electron chi connectivity index (χ4n) is 3.66. The highest BCUT2D eigenvalue weighted by molar-refractivity contribution is 9.10. The number of anilines is 1. The Morgan fingerprint density at radius 1 is 0.941 bits per heavy atom. The largest absolute Gasteiger partial charge is 0.456 e. The maximum Gasteiger partial charge on any atom is 0.411 e. The van der Waals surface area contributed by atoms with Crippen molar-refractivity contribution in [2.75, 3.05) is 11.9 Å². The number of fused-ring (bicyclic) bond motifs is 1. The summed E-state index contributed by atoms with van der Waals surface area (Å²) in [5.41, 5.74) is 1.33. The van der Waals surface area contributed by atoms with Gasteiger partial charge in [0.2, 0.25) is 0 Å². The van der Waals surface area contributed by atoms with Gasteiger partial charge in [-0.2, -0.15) is 0 Å². The van der Waals surface area contributed by atoms with Gasteiger partial charge in [0.1, 0.15) is 17.2 Å². The van der Waals surface area contributed by atoms with Gasteiger partial charge in [-0.05, 0) is 89.4 Å². The molecule has 1 aliphatic heterocycles. The fourth-order valence-corrected chi connectivity index (χ4v) is 4.24. The van der Waals surface area contributed by atoms with Gasteiger partial charge in [-0.15, -0.1) is 0 Å². The molecule has 0 radical (unpaired) electrons. The van der Waals surface area contributed by atoms with Crippen LogP contribution in [0.1, 0.15) is 69.1 Å². The lowest BCUT2D eigenvalue weighted by Gasteiger charge is -2.37. The molecule has 7 nitrogen and oxygen atoms in total. The lowest BCUT2D eigenvalue weighted by atomic mass is 9.92. The van der Waals surface area contributed by atoms with Crippen molar-refractivity contribution in [1.82, 2.24) is 4.90 Å². The third-order valence-corrected chi connectivity index (χ3v) is 5.77. The van der Waals surface area contributed by atoms with Gasteiger partial charge in [0.15, 0.2) is 0 Å². The topological polar surface area (TPSA) is 84.9 Å². The zero-order valence-electron chi connectivity index (χ0n) is 20.4. The molecule has 0 aliphatic carbocycles. The Bertz CT molecular complexity index is 1080. The quantitative estimate of drug-likeness (QED) is 0.501. The summed E-state index contributed by atoms with van der Waals surface area (Å²) in [4.78, 5) is 40.2. The molecule has 2 amide bonds. The van der Waals surface area contributed by atoms with E-state index in [1.807, 2.05) is 18.2 Å². The Hall–Kier alpha value is -2.87. The van der Waals surface area contributed by atoms with Crippen LogP contribution in [0.25, 0.3) is 0 Å². The molecule has 0 saturated carbocycles. The zero-order valence-corrected chi connectivity index (χ0v) is 22.0. The van der Waals surface area contributed by atoms with Crippen LogP contribution in [0.3, 0.4) is 0 Å². The number of carbonyl (C=O) groups is 3. The SMILES string of the molecule is CC(C)(C)OC(=O)c1ccc(NC(=O)[C@H]2c3cccc(Br)c3CCN2C(=O)OC(C)(C)C)cc1. The second kappa shape index (κ2) is 9.78. The van der Waals surface area contributed by atoms with Crippen LogP contribution < -0.4 is 5.32 Å². The summed E-state index contributed by atoms with van der Waals surface area (Å²) in [6.45, 7) is 11.1. The highest BCUT2D eigenvalue weighted by atomic mass is 79.9. The van der Waals surface area contributed by atoms with Crippen LogP contribution in [-0.2, 0) is 20.7 Å². The van der Waals surface area contributed by atoms with Gasteiger partial charge >= 0.3 is 12.1 Å². The van der Waals surface area contributed by atoms with Gasteiger partial charge in [-0.25, -0.2) is 9.59 Å². The molecule has 0 saturated heterocycles. The highest BCUT2D eigenvalue weighted by Crippen LogP contribution is 2.35. The minimum absolute atomic E-state index is 0.347. The van der Waals surface area contributed by atoms with Gasteiger partial charge in [0.25, 0.3) is 5.91 Å². The third-order valence-electron chi connectivity index (χ3n) is 5.03. The molecule has 3 rings (SSSR count). The molecule has 2 aromatic carbocycles. The van der Waals surface area contributed by atoms with E-state index in [2.05, 4.69) is 21.2 Å². The lowest BCUT2D eigenvalue weighted by molar-refractivity contribution is -0.122. The van der Waals surface area contributed by atoms with E-state index in [0.29, 0.717) is 24.2 Å². The first kappa shape index (κ1) is 25.7. The van der Waals surface area contributed by atoms with Gasteiger partial charge in [-0.3, -0.25) is 9.69 Å². The second-order valence-corrected chi connectivity index (χ2v) is 11.1. The number of nitrogens with zero attached hydrogens (tertiary/aromatic N) is 1. The summed E-state index contributed by atoms with van der Waals surface area (Å²) < 4.78 is 11.9. The number of hydrogen-bond donors (Lipinski definition) is 1. The lowest BCUT2D eigenvalue weighted by Crippen LogP contribution is -2.47. The summed E-state index contributed by atoms with van der Waals surface area (Å²) in [7, 11) is 0. The first-order valence-electron chi connectivity index (χ1n) is 11.2. The Kier molecular flexibility index (Phi) is 7.41. The molecule has 0 bridgehead atoms. The number of benzene rings is 2. The van der Waals surface area contributed by atoms with Crippen LogP contribution in [0, 0.1) is 0 Å². The standard InChI is InChI=1S/C26H31BrN2O5/c1-25(2,3)33-23(31)16-10-12-17(13-11-16)28-22(30)21-19-8-7-9-20(27)18(19)14-15-29(21)24(32)34-26(4,5)6/h7-13,21H,14-15H2,1-6H3,(H,28,30)/t21-/m1/s1. The second-order valence-electron chi connectivity index (χ2n) is 10.2. The number of amides is 2. The van der Waals surface area contributed by atoms with E-state index in [-0.39, 0.29) is 5.91 Å². The molecule has 1 heterocycles. The van der Waals surface area contributed by atoms with Crippen molar-refractivity contribution in [3.05, 3.63) is 63.6 Å². The highest BCUT2D eigenvalue weighted by Gasteiger charge is 2.38. The molecular formula is C26H31BrN2O5. The van der Waals surface area contributed by atoms with Gasteiger partial charge in [0, 0.05) is 16.7 Å². The monoisotopic (exact) mass is 530 g/mol. The van der Waals surface area contributed by atoms with Crippen LogP contribution >= 0.6 is 15.9 Å². The summed E-state index contributed by atoms with van der Waals surface area (Å²) in [6.07, 6.45) is 0.0585. The number of halogens is 1. The van der Waals surface area contributed by atoms with Crippen molar-refractivity contribution in [3.8, 4) is 0 Å². The number of rotatable bonds is 3. The molecule has 0 aromatic heterocycles. The predicted octanol–water partition coefficient (Wildman–Crippen LogP) is 5.88. The van der Waals surface area contributed by atoms with Crippen molar-refractivity contribution >= 4 is 39.6 Å². The maximum absolute atomic E-state index is 13.5. The molecule has 0 fully saturated rings. The van der Waals surface area contributed by atoms with Crippen molar-refractivity contribution in [1.29, 1.82) is 0 Å². The van der Waals surface area contributed by atoms with Crippen molar-refractivity contribution in [2.45, 2.75) is 65.2 Å². The zero-order chi connectivity index (χ0) is 25.3. The maximum atomic E-state index is 13.5. The van der Waals surface area contributed by atoms with E-state index in [9.17, 15) is 14.4 Å². The van der Waals surface area contributed by atoms with E-state index in [1.54, 1.807) is 65.8 Å². The number of ether oxygens (including phenoxy) is 2. The van der Waals surface area contributed by atoms with Crippen molar-refractivity contribution in [2.24, 2.45) is 0 Å². The van der Waals surface area contributed by atoms with E-state index >= 15 is 0 Å². The molecule has 1 N–H and O–H groups in total. The van der Waals surface area contributed by atoms with Gasteiger partial charge in [0.05, 0.1) is 5.56 Å². The minimum atomic E-state index is -0.860. The first-order valence-corrected chi connectivity index (χ1v) is 12.0. The number of carbonyl (C=O) groups excluding carboxylic acids is 3. The molecule has 2 aromatic rings. The first-order chi connectivity index (χ1) is 15.7. The Morgan fingerprint density at radius 3 is 2.15 bits per heavy atom. The third kappa shape index (κ3) is 6.38. The van der Waals surface area contributed by atoms with E-state index in [0.717, 1.165) is 15.6 Å². The number of hydrogen-bond acceptors (Lipinski definition) is 5. The van der Waals surface area contributed by atoms with E-state index in [4.69, 9.17) is 9.47 Å². The van der Waals surface area contributed by atoms with Gasteiger partial charge in [-0.1, -0.05) is 28.1 Å². The van der Waals surface area contributed by atoms with Gasteiger partial charge < -0.3 is 14.8 Å². The van der Waals surface area contributed by atoms with Crippen molar-refractivity contribution in [3.63, 3.8) is 0 Å². The summed E-state index contributed by atoms with van der Waals surface area (Å²) in [5.74, 6) is -0.803. The average Bonchev–Trinajstić information content (AvgIpc) is 2.71. The molecule has 182 valence electrons. The van der Waals surface area contributed by atoms with Crippen LogP contribution in [0.15, 0.2) is 46.9 Å². The molecule has 0 spiro atoms. The van der Waals surface area contributed by atoms with Crippen LogP contribution in [-0.4, -0.2) is 40.6 Å². The normalized spacial score (nSPS) is 15.9. The Labute approximate surface area is 208 Å². The molecule has 34 heavy (non-hydrogen) atoms. The molecule has 1 atom stereocenters. The summed E-state index contributed by atoms with van der Waals surface area (Å²) >= 11 is 3.56. The Morgan fingerprint density at radius 2 is 1.56 bits per heavy atom. The van der Waals surface area contributed by atoms with Crippen LogP contribution in [0.2, 0.25) is 0 Å². The Balaban J connectivity index is 1.85. The minimum Gasteiger partial charge on any atom is -0.456 e.